The van der Waals surface area contributed by atoms with E-state index in [0.29, 0.717) is 24.0 Å². The van der Waals surface area contributed by atoms with Gasteiger partial charge in [-0.05, 0) is 60.3 Å². The summed E-state index contributed by atoms with van der Waals surface area (Å²) < 4.78 is 23.0. The number of hydrogen-bond donors (Lipinski definition) is 3. The largest absolute Gasteiger partial charge is 0.467 e. The second-order valence-electron chi connectivity index (χ2n) is 7.68. The van der Waals surface area contributed by atoms with Gasteiger partial charge in [0.15, 0.2) is 11.7 Å². The van der Waals surface area contributed by atoms with Crippen molar-refractivity contribution in [2.45, 2.75) is 26.3 Å². The molecule has 2 aromatic heterocycles. The lowest BCUT2D eigenvalue weighted by atomic mass is 10.1. The quantitative estimate of drug-likeness (QED) is 0.435. The van der Waals surface area contributed by atoms with Crippen LogP contribution in [0.4, 0.5) is 15.8 Å². The summed E-state index contributed by atoms with van der Waals surface area (Å²) in [4.78, 5) is 39.6. The van der Waals surface area contributed by atoms with Gasteiger partial charge in [-0.3, -0.25) is 19.3 Å². The number of aromatic nitrogens is 1. The van der Waals surface area contributed by atoms with Gasteiger partial charge in [-0.1, -0.05) is 13.8 Å². The molecule has 5 N–H and O–H groups in total. The highest BCUT2D eigenvalue weighted by atomic mass is 32.1. The Morgan fingerprint density at radius 3 is 2.45 bits per heavy atom. The number of hydrogen-bond acceptors (Lipinski definition) is 7. The zero-order valence-corrected chi connectivity index (χ0v) is 18.9. The summed E-state index contributed by atoms with van der Waals surface area (Å²) in [6.07, 6.45) is 2.11. The predicted molar refractivity (Wildman–Crippen MR) is 122 cm³/mol. The van der Waals surface area contributed by atoms with Gasteiger partial charge in [0, 0.05) is 12.2 Å². The second kappa shape index (κ2) is 10.3. The van der Waals surface area contributed by atoms with Crippen molar-refractivity contribution in [1.29, 1.82) is 0 Å². The molecule has 0 spiro atoms. The van der Waals surface area contributed by atoms with Crippen LogP contribution < -0.4 is 21.7 Å². The Hall–Kier alpha value is -3.73. The minimum absolute atomic E-state index is 0.0836. The highest BCUT2D eigenvalue weighted by Crippen LogP contribution is 2.33. The van der Waals surface area contributed by atoms with Crippen LogP contribution in [0.1, 0.15) is 52.2 Å². The Morgan fingerprint density at radius 1 is 1.21 bits per heavy atom. The van der Waals surface area contributed by atoms with Crippen molar-refractivity contribution in [3.63, 3.8) is 0 Å². The number of anilines is 2. The number of nitrogens with two attached hydrogens (primary N) is 2. The van der Waals surface area contributed by atoms with Gasteiger partial charge >= 0.3 is 0 Å². The van der Waals surface area contributed by atoms with Crippen LogP contribution in [-0.4, -0.2) is 28.6 Å². The Balaban J connectivity index is 2.09. The summed E-state index contributed by atoms with van der Waals surface area (Å²) in [6, 6.07) is 6.95. The van der Waals surface area contributed by atoms with Crippen molar-refractivity contribution in [3.8, 4) is 0 Å². The van der Waals surface area contributed by atoms with E-state index >= 15 is 0 Å². The highest BCUT2D eigenvalue weighted by Gasteiger charge is 2.37. The summed E-state index contributed by atoms with van der Waals surface area (Å²) >= 11 is 0.683. The van der Waals surface area contributed by atoms with Gasteiger partial charge in [-0.25, -0.2) is 4.39 Å². The number of carbonyl (C=O) groups excluding carboxylic acids is 3. The molecule has 0 fully saturated rings. The third kappa shape index (κ3) is 5.37. The van der Waals surface area contributed by atoms with E-state index in [1.54, 1.807) is 12.1 Å². The lowest BCUT2D eigenvalue weighted by Gasteiger charge is -2.29. The van der Waals surface area contributed by atoms with E-state index in [9.17, 15) is 18.8 Å². The van der Waals surface area contributed by atoms with Gasteiger partial charge in [0.25, 0.3) is 17.7 Å². The van der Waals surface area contributed by atoms with Crippen LogP contribution in [-0.2, 0) is 4.79 Å². The average Bonchev–Trinajstić information content (AvgIpc) is 3.42. The molecule has 0 unspecified atom stereocenters. The van der Waals surface area contributed by atoms with Crippen molar-refractivity contribution in [2.24, 2.45) is 11.7 Å². The molecule has 33 heavy (non-hydrogen) atoms. The molecule has 0 aliphatic heterocycles. The number of benzene rings is 1. The molecule has 0 radical (unpaired) electrons. The van der Waals surface area contributed by atoms with Gasteiger partial charge in [0.05, 0.1) is 12.0 Å². The predicted octanol–water partition coefficient (Wildman–Crippen LogP) is 3.11. The number of nitrogens with one attached hydrogen (secondary N) is 1. The standard InChI is InChI=1S/C22H24FN5O4S/c1-12(2)9-10-26-21(30)18(15-4-3-11-32-15)28(14-7-5-13(23)6-8-14)22(31)19-16(24)17(20(25)29)27-33-19/h3-8,11-12,18H,9-10,24H2,1-2H3,(H2,25,29)(H,26,30)/t18-/m1/s1. The van der Waals surface area contributed by atoms with Gasteiger partial charge in [-0.2, -0.15) is 4.37 Å². The fraction of sp³-hybridized carbons (Fsp3) is 0.273. The van der Waals surface area contributed by atoms with E-state index < -0.39 is 29.6 Å². The number of halogens is 1. The van der Waals surface area contributed by atoms with Crippen LogP contribution in [0.2, 0.25) is 0 Å². The first kappa shape index (κ1) is 23.9. The lowest BCUT2D eigenvalue weighted by Crippen LogP contribution is -2.44. The molecule has 11 heteroatoms. The molecule has 0 aliphatic carbocycles. The van der Waals surface area contributed by atoms with Gasteiger partial charge in [0.2, 0.25) is 0 Å². The lowest BCUT2D eigenvalue weighted by molar-refractivity contribution is -0.122. The smallest absolute Gasteiger partial charge is 0.273 e. The molecular weight excluding hydrogens is 449 g/mol. The molecule has 0 saturated carbocycles. The third-order valence-electron chi connectivity index (χ3n) is 4.82. The summed E-state index contributed by atoms with van der Waals surface area (Å²) in [7, 11) is 0. The minimum Gasteiger partial charge on any atom is -0.467 e. The number of furan rings is 1. The van der Waals surface area contributed by atoms with Crippen LogP contribution in [0.5, 0.6) is 0 Å². The number of primary amides is 1. The van der Waals surface area contributed by atoms with Crippen molar-refractivity contribution < 1.29 is 23.2 Å². The topological polar surface area (TPSA) is 145 Å². The Labute approximate surface area is 193 Å². The van der Waals surface area contributed by atoms with E-state index in [1.165, 1.54) is 18.4 Å². The molecule has 9 nitrogen and oxygen atoms in total. The van der Waals surface area contributed by atoms with E-state index in [2.05, 4.69) is 9.69 Å². The monoisotopic (exact) mass is 473 g/mol. The number of amides is 3. The fourth-order valence-electron chi connectivity index (χ4n) is 3.13. The van der Waals surface area contributed by atoms with Crippen LogP contribution >= 0.6 is 11.5 Å². The minimum atomic E-state index is -1.23. The van der Waals surface area contributed by atoms with E-state index in [0.717, 1.165) is 23.5 Å². The zero-order chi connectivity index (χ0) is 24.1. The summed E-state index contributed by atoms with van der Waals surface area (Å²) in [5, 5.41) is 2.82. The fourth-order valence-corrected chi connectivity index (χ4v) is 3.87. The number of rotatable bonds is 9. The van der Waals surface area contributed by atoms with Crippen LogP contribution in [0, 0.1) is 11.7 Å². The summed E-state index contributed by atoms with van der Waals surface area (Å²) in [5.41, 5.74) is 11.0. The highest BCUT2D eigenvalue weighted by molar-refractivity contribution is 7.09. The molecule has 1 aromatic carbocycles. The summed E-state index contributed by atoms with van der Waals surface area (Å²) in [6.45, 7) is 4.43. The second-order valence-corrected chi connectivity index (χ2v) is 8.45. The Kier molecular flexibility index (Phi) is 7.44. The molecule has 0 bridgehead atoms. The SMILES string of the molecule is CC(C)CCNC(=O)[C@@H](c1ccco1)N(C(=O)c1snc(C(N)=O)c1N)c1ccc(F)cc1. The van der Waals surface area contributed by atoms with Crippen molar-refractivity contribution >= 4 is 40.6 Å². The first-order valence-electron chi connectivity index (χ1n) is 10.2. The maximum absolute atomic E-state index is 13.7. The first-order valence-corrected chi connectivity index (χ1v) is 10.9. The molecule has 0 aliphatic rings. The van der Waals surface area contributed by atoms with Crippen molar-refractivity contribution in [3.05, 3.63) is 64.8 Å². The van der Waals surface area contributed by atoms with Crippen LogP contribution in [0.3, 0.4) is 0 Å². The normalized spacial score (nSPS) is 11.9. The van der Waals surface area contributed by atoms with Gasteiger partial charge in [0.1, 0.15) is 16.5 Å². The number of nitrogens with zero attached hydrogens (tertiary/aromatic N) is 2. The maximum atomic E-state index is 13.7. The molecular formula is C22H24FN5O4S. The molecule has 3 rings (SSSR count). The first-order chi connectivity index (χ1) is 15.7. The Bertz CT molecular complexity index is 1130. The average molecular weight is 474 g/mol. The zero-order valence-electron chi connectivity index (χ0n) is 18.1. The molecule has 174 valence electrons. The molecule has 2 heterocycles. The summed E-state index contributed by atoms with van der Waals surface area (Å²) in [5.74, 6) is -2.08. The van der Waals surface area contributed by atoms with Crippen molar-refractivity contribution in [1.82, 2.24) is 9.69 Å². The third-order valence-corrected chi connectivity index (χ3v) is 5.67. The molecule has 3 aromatic rings. The Morgan fingerprint density at radius 2 is 1.91 bits per heavy atom. The van der Waals surface area contributed by atoms with Crippen LogP contribution in [0.15, 0.2) is 47.1 Å². The molecule has 0 saturated heterocycles. The maximum Gasteiger partial charge on any atom is 0.273 e. The number of carbonyl (C=O) groups is 3. The molecule has 1 atom stereocenters. The van der Waals surface area contributed by atoms with Gasteiger partial charge in [-0.15, -0.1) is 0 Å². The number of nitrogen functional groups attached to an aromatic ring is 1. The van der Waals surface area contributed by atoms with E-state index in [1.807, 2.05) is 13.8 Å². The van der Waals surface area contributed by atoms with Crippen LogP contribution in [0.25, 0.3) is 0 Å². The van der Waals surface area contributed by atoms with E-state index in [4.69, 9.17) is 15.9 Å². The molecule has 3 amide bonds. The van der Waals surface area contributed by atoms with Crippen molar-refractivity contribution in [2.75, 3.05) is 17.2 Å². The van der Waals surface area contributed by atoms with E-state index in [-0.39, 0.29) is 27.7 Å². The van der Waals surface area contributed by atoms with Gasteiger partial charge < -0.3 is 21.2 Å².